The van der Waals surface area contributed by atoms with E-state index in [-0.39, 0.29) is 11.8 Å². The Balaban J connectivity index is 1.80. The van der Waals surface area contributed by atoms with Crippen LogP contribution >= 0.6 is 0 Å². The van der Waals surface area contributed by atoms with Crippen molar-refractivity contribution in [2.45, 2.75) is 0 Å². The summed E-state index contributed by atoms with van der Waals surface area (Å²) in [5.74, 6) is 0.199. The molecule has 0 spiro atoms. The lowest BCUT2D eigenvalue weighted by molar-refractivity contribution is -0.147. The minimum atomic E-state index is 0.0262. The lowest BCUT2D eigenvalue weighted by Gasteiger charge is -2.39. The lowest BCUT2D eigenvalue weighted by atomic mass is 9.99. The molecule has 14 heavy (non-hydrogen) atoms. The first-order valence-electron chi connectivity index (χ1n) is 4.87. The maximum atomic E-state index is 11.8. The molecule has 78 valence electrons. The third kappa shape index (κ3) is 1.72. The summed E-state index contributed by atoms with van der Waals surface area (Å²) in [6.45, 7) is 3.82. The van der Waals surface area contributed by atoms with Crippen LogP contribution in [0.3, 0.4) is 0 Å². The Bertz CT molecular complexity index is 232. The molecule has 2 aliphatic heterocycles. The molecule has 0 atom stereocenters. The van der Waals surface area contributed by atoms with Crippen molar-refractivity contribution in [3.8, 4) is 0 Å². The zero-order valence-corrected chi connectivity index (χ0v) is 8.02. The van der Waals surface area contributed by atoms with Crippen LogP contribution < -0.4 is 0 Å². The largest absolute Gasteiger partial charge is 0.378 e. The second-order valence-electron chi connectivity index (χ2n) is 3.69. The van der Waals surface area contributed by atoms with Gasteiger partial charge in [0.25, 0.3) is 0 Å². The molecule has 2 rings (SSSR count). The summed E-state index contributed by atoms with van der Waals surface area (Å²) in [6.07, 6.45) is 0.795. The van der Waals surface area contributed by atoms with Gasteiger partial charge in [-0.1, -0.05) is 0 Å². The van der Waals surface area contributed by atoms with Gasteiger partial charge in [0.2, 0.25) is 12.3 Å². The van der Waals surface area contributed by atoms with Gasteiger partial charge in [-0.05, 0) is 0 Å². The van der Waals surface area contributed by atoms with Gasteiger partial charge in [0.1, 0.15) is 0 Å². The minimum absolute atomic E-state index is 0.0262. The summed E-state index contributed by atoms with van der Waals surface area (Å²) in [6, 6.07) is 0. The smallest absolute Gasteiger partial charge is 0.229 e. The van der Waals surface area contributed by atoms with Gasteiger partial charge in [-0.3, -0.25) is 9.59 Å². The Kier molecular flexibility index (Phi) is 2.67. The lowest BCUT2D eigenvalue weighted by Crippen LogP contribution is -2.55. The quantitative estimate of drug-likeness (QED) is 0.531. The molecule has 5 nitrogen and oxygen atoms in total. The Morgan fingerprint density at radius 2 is 1.93 bits per heavy atom. The van der Waals surface area contributed by atoms with Crippen molar-refractivity contribution in [2.24, 2.45) is 5.92 Å². The fourth-order valence-electron chi connectivity index (χ4n) is 1.80. The molecule has 0 radical (unpaired) electrons. The van der Waals surface area contributed by atoms with Crippen LogP contribution in [0.15, 0.2) is 0 Å². The van der Waals surface area contributed by atoms with E-state index in [9.17, 15) is 9.59 Å². The number of carbonyl (C=O) groups is 2. The molecule has 2 amide bonds. The van der Waals surface area contributed by atoms with E-state index in [4.69, 9.17) is 4.74 Å². The molecule has 2 saturated heterocycles. The first kappa shape index (κ1) is 9.45. The molecular weight excluding hydrogens is 184 g/mol. The monoisotopic (exact) mass is 198 g/mol. The van der Waals surface area contributed by atoms with Crippen LogP contribution in [0.25, 0.3) is 0 Å². The summed E-state index contributed by atoms with van der Waals surface area (Å²) >= 11 is 0. The highest BCUT2D eigenvalue weighted by molar-refractivity contribution is 5.81. The molecule has 0 N–H and O–H groups in total. The molecule has 2 fully saturated rings. The maximum Gasteiger partial charge on any atom is 0.229 e. The third-order valence-corrected chi connectivity index (χ3v) is 2.73. The van der Waals surface area contributed by atoms with E-state index in [2.05, 4.69) is 0 Å². The fraction of sp³-hybridized carbons (Fsp3) is 0.778. The van der Waals surface area contributed by atoms with Gasteiger partial charge < -0.3 is 14.5 Å². The van der Waals surface area contributed by atoms with Gasteiger partial charge in [0.05, 0.1) is 19.1 Å². The SMILES string of the molecule is O=CN1CC(C(=O)N2CCOCC2)C1. The zero-order valence-electron chi connectivity index (χ0n) is 8.02. The van der Waals surface area contributed by atoms with E-state index in [1.54, 1.807) is 4.90 Å². The van der Waals surface area contributed by atoms with Crippen LogP contribution in [0.1, 0.15) is 0 Å². The summed E-state index contributed by atoms with van der Waals surface area (Å²) < 4.78 is 5.16. The second kappa shape index (κ2) is 3.96. The summed E-state index contributed by atoms with van der Waals surface area (Å²) in [5, 5.41) is 0. The highest BCUT2D eigenvalue weighted by Gasteiger charge is 2.34. The molecule has 0 aromatic carbocycles. The summed E-state index contributed by atoms with van der Waals surface area (Å²) in [7, 11) is 0. The van der Waals surface area contributed by atoms with Crippen molar-refractivity contribution in [1.82, 2.24) is 9.80 Å². The molecule has 0 unspecified atom stereocenters. The molecule has 0 aromatic heterocycles. The Labute approximate surface area is 82.6 Å². The van der Waals surface area contributed by atoms with E-state index in [0.717, 1.165) is 6.41 Å². The number of carbonyl (C=O) groups excluding carboxylic acids is 2. The average molecular weight is 198 g/mol. The van der Waals surface area contributed by atoms with Crippen LogP contribution in [0, 0.1) is 5.92 Å². The average Bonchev–Trinajstić information content (AvgIpc) is 2.17. The fourth-order valence-corrected chi connectivity index (χ4v) is 1.80. The third-order valence-electron chi connectivity index (χ3n) is 2.73. The van der Waals surface area contributed by atoms with Crippen LogP contribution in [0.4, 0.5) is 0 Å². The summed E-state index contributed by atoms with van der Waals surface area (Å²) in [5.41, 5.74) is 0. The number of morpholine rings is 1. The van der Waals surface area contributed by atoms with Crippen molar-refractivity contribution in [3.05, 3.63) is 0 Å². The van der Waals surface area contributed by atoms with Gasteiger partial charge in [-0.2, -0.15) is 0 Å². The maximum absolute atomic E-state index is 11.8. The van der Waals surface area contributed by atoms with Gasteiger partial charge in [0, 0.05) is 26.2 Å². The minimum Gasteiger partial charge on any atom is -0.378 e. The number of likely N-dealkylation sites (tertiary alicyclic amines) is 1. The van der Waals surface area contributed by atoms with E-state index >= 15 is 0 Å². The molecule has 2 aliphatic rings. The molecule has 2 heterocycles. The normalized spacial score (nSPS) is 23.1. The molecule has 0 aliphatic carbocycles. The van der Waals surface area contributed by atoms with Crippen LogP contribution in [0.2, 0.25) is 0 Å². The van der Waals surface area contributed by atoms with Gasteiger partial charge in [-0.25, -0.2) is 0 Å². The summed E-state index contributed by atoms with van der Waals surface area (Å²) in [4.78, 5) is 25.5. The molecule has 5 heteroatoms. The Hall–Kier alpha value is -1.10. The number of hydrogen-bond donors (Lipinski definition) is 0. The first-order chi connectivity index (χ1) is 6.81. The van der Waals surface area contributed by atoms with Crippen LogP contribution in [-0.4, -0.2) is 61.5 Å². The number of amides is 2. The number of nitrogens with zero attached hydrogens (tertiary/aromatic N) is 2. The van der Waals surface area contributed by atoms with Gasteiger partial charge in [0.15, 0.2) is 0 Å². The number of hydrogen-bond acceptors (Lipinski definition) is 3. The van der Waals surface area contributed by atoms with Crippen molar-refractivity contribution < 1.29 is 14.3 Å². The van der Waals surface area contributed by atoms with Crippen molar-refractivity contribution in [1.29, 1.82) is 0 Å². The van der Waals surface area contributed by atoms with E-state index in [1.165, 1.54) is 0 Å². The molecule has 0 saturated carbocycles. The van der Waals surface area contributed by atoms with Crippen molar-refractivity contribution in [2.75, 3.05) is 39.4 Å². The zero-order chi connectivity index (χ0) is 9.97. The molecule has 0 bridgehead atoms. The highest BCUT2D eigenvalue weighted by atomic mass is 16.5. The standard InChI is InChI=1S/C9H14N2O3/c12-7-10-5-8(6-10)9(13)11-1-3-14-4-2-11/h7-8H,1-6H2. The number of rotatable bonds is 2. The van der Waals surface area contributed by atoms with Gasteiger partial charge >= 0.3 is 0 Å². The van der Waals surface area contributed by atoms with E-state index in [1.807, 2.05) is 4.90 Å². The van der Waals surface area contributed by atoms with Crippen molar-refractivity contribution in [3.63, 3.8) is 0 Å². The molecular formula is C9H14N2O3. The van der Waals surface area contributed by atoms with Crippen molar-refractivity contribution >= 4 is 12.3 Å². The molecule has 0 aromatic rings. The van der Waals surface area contributed by atoms with E-state index in [0.29, 0.717) is 39.4 Å². The second-order valence-corrected chi connectivity index (χ2v) is 3.69. The predicted octanol–water partition coefficient (Wildman–Crippen LogP) is -1.07. The highest BCUT2D eigenvalue weighted by Crippen LogP contribution is 2.16. The first-order valence-corrected chi connectivity index (χ1v) is 4.87. The van der Waals surface area contributed by atoms with Gasteiger partial charge in [-0.15, -0.1) is 0 Å². The predicted molar refractivity (Wildman–Crippen MR) is 48.5 cm³/mol. The Morgan fingerprint density at radius 3 is 2.50 bits per heavy atom. The Morgan fingerprint density at radius 1 is 1.29 bits per heavy atom. The number of ether oxygens (including phenoxy) is 1. The topological polar surface area (TPSA) is 49.9 Å². The van der Waals surface area contributed by atoms with Crippen LogP contribution in [0.5, 0.6) is 0 Å². The van der Waals surface area contributed by atoms with Crippen LogP contribution in [-0.2, 0) is 14.3 Å². The van der Waals surface area contributed by atoms with E-state index < -0.39 is 0 Å².